The second-order valence-corrected chi connectivity index (χ2v) is 7.01. The molecule has 0 bridgehead atoms. The lowest BCUT2D eigenvalue weighted by Gasteiger charge is -2.27. The van der Waals surface area contributed by atoms with E-state index in [1.807, 2.05) is 25.1 Å². The zero-order valence-corrected chi connectivity index (χ0v) is 15.2. The van der Waals surface area contributed by atoms with Crippen LogP contribution in [-0.4, -0.2) is 11.2 Å². The van der Waals surface area contributed by atoms with E-state index in [2.05, 4.69) is 34.8 Å². The second-order valence-electron chi connectivity index (χ2n) is 7.01. The van der Waals surface area contributed by atoms with Crippen molar-refractivity contribution >= 4 is 16.6 Å². The lowest BCUT2D eigenvalue weighted by Crippen LogP contribution is -2.18. The third kappa shape index (κ3) is 2.82. The normalized spacial score (nSPS) is 14.2. The molecule has 1 heterocycles. The van der Waals surface area contributed by atoms with Gasteiger partial charge in [-0.15, -0.1) is 6.42 Å². The summed E-state index contributed by atoms with van der Waals surface area (Å²) in [6.07, 6.45) is 9.86. The fraction of sp³-hybridized carbons (Fsp3) is 0.304. The third-order valence-corrected chi connectivity index (χ3v) is 5.34. The van der Waals surface area contributed by atoms with E-state index in [1.54, 1.807) is 0 Å². The molecule has 1 aliphatic carbocycles. The van der Waals surface area contributed by atoms with Gasteiger partial charge in [0.05, 0.1) is 23.4 Å². The molecule has 3 nitrogen and oxygen atoms in total. The number of nitrogens with two attached hydrogens (primary N) is 1. The topological polar surface area (TPSA) is 40.2 Å². The van der Waals surface area contributed by atoms with E-state index in [-0.39, 0.29) is 0 Å². The molecule has 1 fully saturated rings. The summed E-state index contributed by atoms with van der Waals surface area (Å²) in [6.45, 7) is 3.65. The van der Waals surface area contributed by atoms with Crippen LogP contribution in [0.2, 0.25) is 0 Å². The fourth-order valence-corrected chi connectivity index (χ4v) is 3.80. The molecule has 0 spiro atoms. The maximum atomic E-state index is 5.95. The van der Waals surface area contributed by atoms with Gasteiger partial charge in [0.25, 0.3) is 0 Å². The lowest BCUT2D eigenvalue weighted by molar-refractivity contribution is 0.280. The summed E-state index contributed by atoms with van der Waals surface area (Å²) in [7, 11) is 0. The highest BCUT2D eigenvalue weighted by molar-refractivity contribution is 5.95. The van der Waals surface area contributed by atoms with E-state index >= 15 is 0 Å². The van der Waals surface area contributed by atoms with Crippen LogP contribution in [0.1, 0.15) is 31.7 Å². The molecule has 0 aliphatic heterocycles. The van der Waals surface area contributed by atoms with Crippen LogP contribution in [0.15, 0.2) is 42.5 Å². The van der Waals surface area contributed by atoms with E-state index in [9.17, 15) is 0 Å². The summed E-state index contributed by atoms with van der Waals surface area (Å²) in [5.41, 5.74) is 11.0. The molecule has 3 aromatic rings. The Morgan fingerprint density at radius 3 is 2.58 bits per heavy atom. The van der Waals surface area contributed by atoms with Crippen LogP contribution in [-0.2, 0) is 6.54 Å². The van der Waals surface area contributed by atoms with Crippen LogP contribution in [0.4, 0.5) is 5.69 Å². The number of fused-ring (bicyclic) bond motifs is 1. The van der Waals surface area contributed by atoms with Crippen molar-refractivity contribution in [3.8, 4) is 29.4 Å². The number of anilines is 1. The minimum atomic E-state index is 0.654. The summed E-state index contributed by atoms with van der Waals surface area (Å²) in [5, 5.41) is 1.11. The molecule has 1 saturated carbocycles. The van der Waals surface area contributed by atoms with Gasteiger partial charge in [-0.05, 0) is 55.5 Å². The number of ether oxygens (including phenoxy) is 1. The van der Waals surface area contributed by atoms with Gasteiger partial charge in [0.2, 0.25) is 0 Å². The Balaban J connectivity index is 1.95. The Morgan fingerprint density at radius 2 is 1.96 bits per heavy atom. The monoisotopic (exact) mass is 344 g/mol. The van der Waals surface area contributed by atoms with Gasteiger partial charge in [-0.1, -0.05) is 24.5 Å². The van der Waals surface area contributed by atoms with E-state index in [0.717, 1.165) is 51.6 Å². The average molecular weight is 344 g/mol. The van der Waals surface area contributed by atoms with Crippen molar-refractivity contribution in [1.29, 1.82) is 0 Å². The minimum absolute atomic E-state index is 0.654. The number of hydrogen-bond donors (Lipinski definition) is 1. The number of aromatic nitrogens is 1. The molecular weight excluding hydrogens is 320 g/mol. The predicted molar refractivity (Wildman–Crippen MR) is 108 cm³/mol. The summed E-state index contributed by atoms with van der Waals surface area (Å²) < 4.78 is 8.13. The molecule has 0 saturated heterocycles. The van der Waals surface area contributed by atoms with Gasteiger partial charge in [0.15, 0.2) is 0 Å². The Labute approximate surface area is 154 Å². The molecule has 2 N–H and O–H groups in total. The predicted octanol–water partition coefficient (Wildman–Crippen LogP) is 5.07. The highest BCUT2D eigenvalue weighted by Gasteiger charge is 2.23. The first-order chi connectivity index (χ1) is 12.7. The van der Waals surface area contributed by atoms with Gasteiger partial charge >= 0.3 is 0 Å². The number of nitrogens with zero attached hydrogens (tertiary/aromatic N) is 1. The van der Waals surface area contributed by atoms with Crippen LogP contribution >= 0.6 is 0 Å². The molecule has 2 aromatic carbocycles. The Morgan fingerprint density at radius 1 is 1.19 bits per heavy atom. The van der Waals surface area contributed by atoms with E-state index in [4.69, 9.17) is 16.9 Å². The first-order valence-corrected chi connectivity index (χ1v) is 9.32. The smallest absolute Gasteiger partial charge is 0.121 e. The Bertz CT molecular complexity index is 972. The zero-order valence-electron chi connectivity index (χ0n) is 15.2. The maximum Gasteiger partial charge on any atom is 0.121 e. The molecule has 132 valence electrons. The standard InChI is InChI=1S/C23H24N2O/c1-3-20-21-13-12-19(26-4-2)14-22(21)25(15-16-6-5-7-16)23(20)17-8-10-18(24)11-9-17/h1,8-14,16H,4-7,15,24H2,2H3. The van der Waals surface area contributed by atoms with Gasteiger partial charge in [-0.2, -0.15) is 0 Å². The number of hydrogen-bond acceptors (Lipinski definition) is 2. The van der Waals surface area contributed by atoms with Gasteiger partial charge in [-0.25, -0.2) is 0 Å². The van der Waals surface area contributed by atoms with Crippen LogP contribution < -0.4 is 10.5 Å². The van der Waals surface area contributed by atoms with E-state index < -0.39 is 0 Å². The number of benzene rings is 2. The van der Waals surface area contributed by atoms with Gasteiger partial charge < -0.3 is 15.0 Å². The van der Waals surface area contributed by atoms with Crippen molar-refractivity contribution in [3.63, 3.8) is 0 Å². The third-order valence-electron chi connectivity index (χ3n) is 5.34. The molecule has 4 rings (SSSR count). The number of nitrogen functional groups attached to an aromatic ring is 1. The van der Waals surface area contributed by atoms with Crippen molar-refractivity contribution in [3.05, 3.63) is 48.0 Å². The van der Waals surface area contributed by atoms with Crippen molar-refractivity contribution in [2.75, 3.05) is 12.3 Å². The molecule has 1 aromatic heterocycles. The molecule has 1 aliphatic rings. The van der Waals surface area contributed by atoms with E-state index in [0.29, 0.717) is 6.61 Å². The number of rotatable bonds is 5. The maximum absolute atomic E-state index is 5.95. The van der Waals surface area contributed by atoms with Crippen molar-refractivity contribution in [2.24, 2.45) is 5.92 Å². The Hall–Kier alpha value is -2.86. The summed E-state index contributed by atoms with van der Waals surface area (Å²) in [6, 6.07) is 14.2. The zero-order chi connectivity index (χ0) is 18.1. The highest BCUT2D eigenvalue weighted by Crippen LogP contribution is 2.38. The molecule has 0 atom stereocenters. The summed E-state index contributed by atoms with van der Waals surface area (Å²) in [5.74, 6) is 4.55. The molecule has 0 radical (unpaired) electrons. The van der Waals surface area contributed by atoms with Crippen LogP contribution in [0.25, 0.3) is 22.2 Å². The van der Waals surface area contributed by atoms with Crippen molar-refractivity contribution in [1.82, 2.24) is 4.57 Å². The van der Waals surface area contributed by atoms with Gasteiger partial charge in [0.1, 0.15) is 5.75 Å². The Kier molecular flexibility index (Phi) is 4.34. The quantitative estimate of drug-likeness (QED) is 0.518. The van der Waals surface area contributed by atoms with Crippen LogP contribution in [0.5, 0.6) is 5.75 Å². The van der Waals surface area contributed by atoms with Crippen LogP contribution in [0, 0.1) is 18.3 Å². The lowest BCUT2D eigenvalue weighted by atomic mass is 9.85. The average Bonchev–Trinajstić information content (AvgIpc) is 2.92. The minimum Gasteiger partial charge on any atom is -0.494 e. The first kappa shape index (κ1) is 16.6. The highest BCUT2D eigenvalue weighted by atomic mass is 16.5. The van der Waals surface area contributed by atoms with Gasteiger partial charge in [0, 0.05) is 23.7 Å². The van der Waals surface area contributed by atoms with Crippen molar-refractivity contribution in [2.45, 2.75) is 32.7 Å². The SMILES string of the molecule is C#Cc1c(-c2ccc(N)cc2)n(CC2CCC2)c2cc(OCC)ccc12. The first-order valence-electron chi connectivity index (χ1n) is 9.32. The molecule has 0 unspecified atom stereocenters. The molecule has 0 amide bonds. The molecular formula is C23H24N2O. The summed E-state index contributed by atoms with van der Waals surface area (Å²) >= 11 is 0. The van der Waals surface area contributed by atoms with Crippen LogP contribution in [0.3, 0.4) is 0 Å². The molecule has 3 heteroatoms. The van der Waals surface area contributed by atoms with E-state index in [1.165, 1.54) is 19.3 Å². The summed E-state index contributed by atoms with van der Waals surface area (Å²) in [4.78, 5) is 0. The second kappa shape index (κ2) is 6.80. The molecule has 26 heavy (non-hydrogen) atoms. The van der Waals surface area contributed by atoms with Crippen molar-refractivity contribution < 1.29 is 4.74 Å². The van der Waals surface area contributed by atoms with Gasteiger partial charge in [-0.3, -0.25) is 0 Å². The largest absolute Gasteiger partial charge is 0.494 e. The number of terminal acetylenes is 1. The fourth-order valence-electron chi connectivity index (χ4n) is 3.80.